The van der Waals surface area contributed by atoms with Crippen LogP contribution in [0.15, 0.2) is 6.20 Å². The molecule has 74 valence electrons. The van der Waals surface area contributed by atoms with Crippen molar-refractivity contribution < 1.29 is 8.78 Å². The number of rotatable bonds is 3. The normalized spacial score (nSPS) is 12.1. The maximum Gasteiger partial charge on any atom is 0.279 e. The number of aryl methyl sites for hydroxylation is 1. The van der Waals surface area contributed by atoms with Gasteiger partial charge in [0.05, 0.1) is 17.3 Å². The van der Waals surface area contributed by atoms with Gasteiger partial charge in [0.2, 0.25) is 0 Å². The van der Waals surface area contributed by atoms with Crippen molar-refractivity contribution in [3.05, 3.63) is 16.9 Å². The average Bonchev–Trinajstić information content (AvgIpc) is 2.30. The fraction of sp³-hybridized carbons (Fsp3) is 0.571. The lowest BCUT2D eigenvalue weighted by atomic mass is 10.3. The zero-order valence-corrected chi connectivity index (χ0v) is 7.85. The molecule has 0 spiro atoms. The Morgan fingerprint density at radius 1 is 1.69 bits per heavy atom. The van der Waals surface area contributed by atoms with E-state index < -0.39 is 19.0 Å². The van der Waals surface area contributed by atoms with Crippen LogP contribution in [0.5, 0.6) is 0 Å². The lowest BCUT2D eigenvalue weighted by Gasteiger charge is -2.12. The second-order valence-corrected chi connectivity index (χ2v) is 3.23. The third kappa shape index (κ3) is 2.63. The zero-order valence-electron chi connectivity index (χ0n) is 7.10. The fourth-order valence-electron chi connectivity index (χ4n) is 0.876. The Bertz CT molecular complexity index is 278. The van der Waals surface area contributed by atoms with Crippen LogP contribution in [-0.2, 0) is 6.54 Å². The molecule has 1 rings (SSSR count). The molecule has 0 saturated heterocycles. The summed E-state index contributed by atoms with van der Waals surface area (Å²) in [6.45, 7) is 0.431. The van der Waals surface area contributed by atoms with Crippen LogP contribution in [0, 0.1) is 6.92 Å². The smallest absolute Gasteiger partial charge is 0.279 e. The highest BCUT2D eigenvalue weighted by Gasteiger charge is 2.27. The van der Waals surface area contributed by atoms with Crippen LogP contribution in [0.1, 0.15) is 5.69 Å². The van der Waals surface area contributed by atoms with Crippen LogP contribution in [0.2, 0.25) is 5.02 Å². The topological polar surface area (TPSA) is 43.8 Å². The SMILES string of the molecule is Cc1nn(CC(F)(F)CN)cc1Cl. The highest BCUT2D eigenvalue weighted by Crippen LogP contribution is 2.17. The number of hydrogen-bond donors (Lipinski definition) is 1. The summed E-state index contributed by atoms with van der Waals surface area (Å²) in [7, 11) is 0. The van der Waals surface area contributed by atoms with Crippen molar-refractivity contribution >= 4 is 11.6 Å². The lowest BCUT2D eigenvalue weighted by molar-refractivity contribution is -0.00984. The highest BCUT2D eigenvalue weighted by atomic mass is 35.5. The molecule has 0 aromatic carbocycles. The van der Waals surface area contributed by atoms with Crippen molar-refractivity contribution in [2.75, 3.05) is 6.54 Å². The zero-order chi connectivity index (χ0) is 10.1. The second kappa shape index (κ2) is 3.59. The predicted octanol–water partition coefficient (Wildman–Crippen LogP) is 1.44. The van der Waals surface area contributed by atoms with E-state index in [1.807, 2.05) is 0 Å². The third-order valence-corrected chi connectivity index (χ3v) is 1.95. The van der Waals surface area contributed by atoms with Gasteiger partial charge in [-0.1, -0.05) is 11.6 Å². The van der Waals surface area contributed by atoms with Gasteiger partial charge in [0.25, 0.3) is 5.92 Å². The molecular weight excluding hydrogens is 200 g/mol. The fourth-order valence-corrected chi connectivity index (χ4v) is 1.03. The van der Waals surface area contributed by atoms with E-state index in [1.165, 1.54) is 6.20 Å². The van der Waals surface area contributed by atoms with E-state index in [9.17, 15) is 8.78 Å². The van der Waals surface area contributed by atoms with Gasteiger partial charge >= 0.3 is 0 Å². The molecule has 0 radical (unpaired) electrons. The molecule has 0 bridgehead atoms. The molecule has 0 fully saturated rings. The summed E-state index contributed by atoms with van der Waals surface area (Å²) in [5.74, 6) is -2.93. The van der Waals surface area contributed by atoms with E-state index >= 15 is 0 Å². The van der Waals surface area contributed by atoms with Crippen LogP contribution < -0.4 is 5.73 Å². The Kier molecular flexibility index (Phi) is 2.87. The molecule has 0 aliphatic rings. The highest BCUT2D eigenvalue weighted by molar-refractivity contribution is 6.31. The summed E-state index contributed by atoms with van der Waals surface area (Å²) in [6.07, 6.45) is 1.36. The molecule has 1 aromatic rings. The number of aromatic nitrogens is 2. The van der Waals surface area contributed by atoms with E-state index in [0.717, 1.165) is 4.68 Å². The number of nitrogens with two attached hydrogens (primary N) is 1. The minimum atomic E-state index is -2.93. The Morgan fingerprint density at radius 2 is 2.31 bits per heavy atom. The van der Waals surface area contributed by atoms with Crippen molar-refractivity contribution in [3.8, 4) is 0 Å². The molecule has 1 aromatic heterocycles. The first-order valence-electron chi connectivity index (χ1n) is 3.72. The molecule has 0 atom stereocenters. The molecule has 0 aliphatic heterocycles. The molecule has 0 aliphatic carbocycles. The van der Waals surface area contributed by atoms with Gasteiger partial charge in [-0.3, -0.25) is 4.68 Å². The van der Waals surface area contributed by atoms with Crippen LogP contribution in [0.3, 0.4) is 0 Å². The van der Waals surface area contributed by atoms with Crippen LogP contribution in [-0.4, -0.2) is 22.2 Å². The molecule has 6 heteroatoms. The lowest BCUT2D eigenvalue weighted by Crippen LogP contribution is -2.33. The Hall–Kier alpha value is -0.680. The van der Waals surface area contributed by atoms with Crippen molar-refractivity contribution in [1.82, 2.24) is 9.78 Å². The molecule has 0 amide bonds. The summed E-state index contributed by atoms with van der Waals surface area (Å²) < 4.78 is 26.6. The minimum absolute atomic E-state index is 0.382. The quantitative estimate of drug-likeness (QED) is 0.819. The van der Waals surface area contributed by atoms with Crippen molar-refractivity contribution in [2.24, 2.45) is 5.73 Å². The molecule has 0 unspecified atom stereocenters. The average molecular weight is 210 g/mol. The van der Waals surface area contributed by atoms with Gasteiger partial charge in [0, 0.05) is 6.20 Å². The van der Waals surface area contributed by atoms with Crippen LogP contribution in [0.25, 0.3) is 0 Å². The number of alkyl halides is 2. The van der Waals surface area contributed by atoms with Crippen LogP contribution in [0.4, 0.5) is 8.78 Å². The number of halogens is 3. The molecule has 13 heavy (non-hydrogen) atoms. The van der Waals surface area contributed by atoms with Gasteiger partial charge in [0.1, 0.15) is 6.54 Å². The van der Waals surface area contributed by atoms with Gasteiger partial charge in [0.15, 0.2) is 0 Å². The summed E-state index contributed by atoms with van der Waals surface area (Å²) in [4.78, 5) is 0. The molecule has 3 nitrogen and oxygen atoms in total. The summed E-state index contributed by atoms with van der Waals surface area (Å²) in [5.41, 5.74) is 5.41. The van der Waals surface area contributed by atoms with E-state index in [1.54, 1.807) is 6.92 Å². The van der Waals surface area contributed by atoms with Gasteiger partial charge in [-0.25, -0.2) is 8.78 Å². The third-order valence-electron chi connectivity index (χ3n) is 1.58. The largest absolute Gasteiger partial charge is 0.325 e. The first-order valence-corrected chi connectivity index (χ1v) is 4.10. The summed E-state index contributed by atoms with van der Waals surface area (Å²) in [6, 6.07) is 0. The minimum Gasteiger partial charge on any atom is -0.325 e. The van der Waals surface area contributed by atoms with E-state index in [0.29, 0.717) is 10.7 Å². The maximum absolute atomic E-state index is 12.8. The number of nitrogens with zero attached hydrogens (tertiary/aromatic N) is 2. The van der Waals surface area contributed by atoms with Crippen molar-refractivity contribution in [2.45, 2.75) is 19.4 Å². The molecular formula is C7H10ClF2N3. The standard InChI is InChI=1S/C7H10ClF2N3/c1-5-6(8)2-13(12-5)4-7(9,10)3-11/h2H,3-4,11H2,1H3. The maximum atomic E-state index is 12.8. The first kappa shape index (κ1) is 10.4. The van der Waals surface area contributed by atoms with E-state index in [4.69, 9.17) is 17.3 Å². The Balaban J connectivity index is 2.75. The van der Waals surface area contributed by atoms with Crippen LogP contribution >= 0.6 is 11.6 Å². The predicted molar refractivity (Wildman–Crippen MR) is 46.0 cm³/mol. The first-order chi connectivity index (χ1) is 5.94. The Morgan fingerprint density at radius 3 is 2.69 bits per heavy atom. The molecule has 1 heterocycles. The molecule has 0 saturated carbocycles. The van der Waals surface area contributed by atoms with Crippen molar-refractivity contribution in [1.29, 1.82) is 0 Å². The summed E-state index contributed by atoms with van der Waals surface area (Å²) >= 11 is 5.64. The van der Waals surface area contributed by atoms with E-state index in [-0.39, 0.29) is 0 Å². The Labute approximate surface area is 79.5 Å². The number of hydrogen-bond acceptors (Lipinski definition) is 2. The van der Waals surface area contributed by atoms with Gasteiger partial charge in [-0.2, -0.15) is 5.10 Å². The van der Waals surface area contributed by atoms with Gasteiger partial charge < -0.3 is 5.73 Å². The van der Waals surface area contributed by atoms with Crippen molar-refractivity contribution in [3.63, 3.8) is 0 Å². The summed E-state index contributed by atoms with van der Waals surface area (Å²) in [5, 5.41) is 4.17. The van der Waals surface area contributed by atoms with Gasteiger partial charge in [-0.15, -0.1) is 0 Å². The second-order valence-electron chi connectivity index (χ2n) is 2.82. The van der Waals surface area contributed by atoms with Gasteiger partial charge in [-0.05, 0) is 6.92 Å². The van der Waals surface area contributed by atoms with E-state index in [2.05, 4.69) is 5.10 Å². The molecule has 2 N–H and O–H groups in total. The monoisotopic (exact) mass is 209 g/mol.